The number of carbonyl (C=O) groups excluding carboxylic acids is 2. The predicted molar refractivity (Wildman–Crippen MR) is 67.9 cm³/mol. The van der Waals surface area contributed by atoms with Crippen LogP contribution < -0.4 is 0 Å². The van der Waals surface area contributed by atoms with Crippen LogP contribution in [0.3, 0.4) is 0 Å². The largest absolute Gasteiger partial charge is 0.329 e. The summed E-state index contributed by atoms with van der Waals surface area (Å²) in [6.45, 7) is 3.42. The molecule has 0 aromatic carbocycles. The molecule has 0 N–H and O–H groups in total. The van der Waals surface area contributed by atoms with Crippen molar-refractivity contribution in [3.63, 3.8) is 0 Å². The van der Waals surface area contributed by atoms with Crippen LogP contribution in [0.15, 0.2) is 0 Å². The second-order valence-electron chi connectivity index (χ2n) is 5.98. The highest BCUT2D eigenvalue weighted by molar-refractivity contribution is 5.97. The average Bonchev–Trinajstić information content (AvgIpc) is 3.04. The minimum Gasteiger partial charge on any atom is -0.329 e. The fraction of sp³-hybridized carbons (Fsp3) is 0.857. The van der Waals surface area contributed by atoms with Crippen molar-refractivity contribution in [2.24, 2.45) is 5.92 Å². The fourth-order valence-corrected chi connectivity index (χ4v) is 3.30. The van der Waals surface area contributed by atoms with E-state index in [4.69, 9.17) is 0 Å². The molecule has 2 atom stereocenters. The average molecular weight is 250 g/mol. The molecule has 2 amide bonds. The summed E-state index contributed by atoms with van der Waals surface area (Å²) in [7, 11) is 0. The van der Waals surface area contributed by atoms with Crippen LogP contribution in [0.2, 0.25) is 0 Å². The van der Waals surface area contributed by atoms with Crippen molar-refractivity contribution in [3.05, 3.63) is 0 Å². The first-order chi connectivity index (χ1) is 8.68. The van der Waals surface area contributed by atoms with Gasteiger partial charge in [-0.25, -0.2) is 0 Å². The first-order valence-corrected chi connectivity index (χ1v) is 7.29. The number of hydrogen-bond acceptors (Lipinski definition) is 2. The summed E-state index contributed by atoms with van der Waals surface area (Å²) in [6.07, 6.45) is 6.83. The van der Waals surface area contributed by atoms with Gasteiger partial charge in [-0.05, 0) is 38.5 Å². The molecule has 2 heterocycles. The zero-order chi connectivity index (χ0) is 12.7. The van der Waals surface area contributed by atoms with Gasteiger partial charge in [-0.15, -0.1) is 0 Å². The van der Waals surface area contributed by atoms with Crippen LogP contribution in [0, 0.1) is 5.92 Å². The summed E-state index contributed by atoms with van der Waals surface area (Å²) < 4.78 is 0. The van der Waals surface area contributed by atoms with Crippen molar-refractivity contribution in [2.75, 3.05) is 13.1 Å². The Kier molecular flexibility index (Phi) is 3.04. The third kappa shape index (κ3) is 2.02. The highest BCUT2D eigenvalue weighted by Gasteiger charge is 2.45. The van der Waals surface area contributed by atoms with E-state index < -0.39 is 0 Å². The van der Waals surface area contributed by atoms with Gasteiger partial charge in [0, 0.05) is 13.1 Å². The number of rotatable bonds is 4. The van der Waals surface area contributed by atoms with Crippen LogP contribution in [0.1, 0.15) is 45.4 Å². The molecule has 100 valence electrons. The lowest BCUT2D eigenvalue weighted by atomic mass is 10.1. The molecule has 1 aliphatic carbocycles. The maximum absolute atomic E-state index is 12.4. The van der Waals surface area contributed by atoms with Gasteiger partial charge in [-0.2, -0.15) is 0 Å². The van der Waals surface area contributed by atoms with Crippen LogP contribution in [0.5, 0.6) is 0 Å². The minimum absolute atomic E-state index is 0.144. The second kappa shape index (κ2) is 4.56. The van der Waals surface area contributed by atoms with Gasteiger partial charge in [0.05, 0.1) is 0 Å². The summed E-state index contributed by atoms with van der Waals surface area (Å²) in [4.78, 5) is 28.2. The lowest BCUT2D eigenvalue weighted by Gasteiger charge is -2.41. The van der Waals surface area contributed by atoms with Gasteiger partial charge >= 0.3 is 0 Å². The summed E-state index contributed by atoms with van der Waals surface area (Å²) in [6, 6.07) is -0.388. The van der Waals surface area contributed by atoms with E-state index in [0.29, 0.717) is 0 Å². The highest BCUT2D eigenvalue weighted by atomic mass is 16.2. The van der Waals surface area contributed by atoms with Gasteiger partial charge in [0.2, 0.25) is 11.8 Å². The van der Waals surface area contributed by atoms with Crippen LogP contribution >= 0.6 is 0 Å². The Labute approximate surface area is 108 Å². The molecule has 2 unspecified atom stereocenters. The minimum atomic E-state index is -0.244. The van der Waals surface area contributed by atoms with E-state index in [0.717, 1.165) is 38.3 Å². The fourth-order valence-electron chi connectivity index (χ4n) is 3.30. The molecule has 0 spiro atoms. The van der Waals surface area contributed by atoms with E-state index in [2.05, 4.69) is 0 Å². The van der Waals surface area contributed by atoms with Crippen molar-refractivity contribution in [1.29, 1.82) is 0 Å². The smallest absolute Gasteiger partial charge is 0.246 e. The quantitative estimate of drug-likeness (QED) is 0.756. The number of fused-ring (bicyclic) bond motifs is 1. The van der Waals surface area contributed by atoms with Crippen LogP contribution in [0.4, 0.5) is 0 Å². The zero-order valence-electron chi connectivity index (χ0n) is 11.1. The number of hydrogen-bond donors (Lipinski definition) is 0. The lowest BCUT2D eigenvalue weighted by molar-refractivity contribution is -0.158. The van der Waals surface area contributed by atoms with E-state index >= 15 is 0 Å². The molecule has 0 aromatic heterocycles. The lowest BCUT2D eigenvalue weighted by Crippen LogP contribution is -2.61. The number of amides is 2. The van der Waals surface area contributed by atoms with Crippen molar-refractivity contribution in [1.82, 2.24) is 9.80 Å². The Hall–Kier alpha value is -1.06. The molecule has 3 fully saturated rings. The van der Waals surface area contributed by atoms with E-state index in [1.165, 1.54) is 19.3 Å². The normalized spacial score (nSPS) is 32.1. The topological polar surface area (TPSA) is 40.6 Å². The Balaban J connectivity index is 1.63. The van der Waals surface area contributed by atoms with Crippen molar-refractivity contribution < 1.29 is 9.59 Å². The van der Waals surface area contributed by atoms with Gasteiger partial charge in [-0.3, -0.25) is 9.59 Å². The van der Waals surface area contributed by atoms with Crippen LogP contribution in [-0.2, 0) is 9.59 Å². The molecular formula is C14H22N2O2. The summed E-state index contributed by atoms with van der Waals surface area (Å²) in [5.74, 6) is 1.25. The van der Waals surface area contributed by atoms with Crippen molar-refractivity contribution in [3.8, 4) is 0 Å². The Morgan fingerprint density at radius 2 is 1.94 bits per heavy atom. The van der Waals surface area contributed by atoms with E-state index in [-0.39, 0.29) is 23.9 Å². The molecule has 1 saturated carbocycles. The first-order valence-electron chi connectivity index (χ1n) is 7.29. The number of carbonyl (C=O) groups is 2. The van der Waals surface area contributed by atoms with Crippen molar-refractivity contribution in [2.45, 2.75) is 57.5 Å². The Bertz CT molecular complexity index is 365. The highest BCUT2D eigenvalue weighted by Crippen LogP contribution is 2.34. The Morgan fingerprint density at radius 3 is 2.67 bits per heavy atom. The zero-order valence-corrected chi connectivity index (χ0v) is 11.1. The number of piperazine rings is 1. The summed E-state index contributed by atoms with van der Waals surface area (Å²) >= 11 is 0. The SMILES string of the molecule is CC1C(=O)N2CCCC2C(=O)N1CCCC1CC1. The van der Waals surface area contributed by atoms with Crippen molar-refractivity contribution >= 4 is 11.8 Å². The van der Waals surface area contributed by atoms with E-state index in [1.54, 1.807) is 4.90 Å². The maximum Gasteiger partial charge on any atom is 0.246 e. The summed E-state index contributed by atoms with van der Waals surface area (Å²) in [5.41, 5.74) is 0. The standard InChI is InChI=1S/C14H22N2O2/c1-10-13(17)16-9-3-5-12(16)14(18)15(10)8-2-4-11-6-7-11/h10-12H,2-9H2,1H3. The molecule has 3 rings (SSSR count). The van der Waals surface area contributed by atoms with E-state index in [9.17, 15) is 9.59 Å². The maximum atomic E-state index is 12.4. The second-order valence-corrected chi connectivity index (χ2v) is 5.98. The molecule has 18 heavy (non-hydrogen) atoms. The van der Waals surface area contributed by atoms with E-state index in [1.807, 2.05) is 11.8 Å². The molecule has 3 aliphatic rings. The number of nitrogens with zero attached hydrogens (tertiary/aromatic N) is 2. The first kappa shape index (κ1) is 12.0. The monoisotopic (exact) mass is 250 g/mol. The van der Waals surface area contributed by atoms with Gasteiger partial charge in [0.25, 0.3) is 0 Å². The molecule has 0 bridgehead atoms. The molecule has 4 nitrogen and oxygen atoms in total. The van der Waals surface area contributed by atoms with Gasteiger partial charge in [-0.1, -0.05) is 12.8 Å². The van der Waals surface area contributed by atoms with Crippen LogP contribution in [0.25, 0.3) is 0 Å². The molecule has 0 radical (unpaired) electrons. The van der Waals surface area contributed by atoms with Gasteiger partial charge < -0.3 is 9.80 Å². The third-order valence-corrected chi connectivity index (χ3v) is 4.64. The molecule has 2 saturated heterocycles. The molecular weight excluding hydrogens is 228 g/mol. The third-order valence-electron chi connectivity index (χ3n) is 4.64. The molecule has 4 heteroatoms. The van der Waals surface area contributed by atoms with Gasteiger partial charge in [0.1, 0.15) is 12.1 Å². The molecule has 2 aliphatic heterocycles. The molecule has 0 aromatic rings. The van der Waals surface area contributed by atoms with Gasteiger partial charge in [0.15, 0.2) is 0 Å². The van der Waals surface area contributed by atoms with Crippen LogP contribution in [-0.4, -0.2) is 46.8 Å². The predicted octanol–water partition coefficient (Wildman–Crippen LogP) is 1.40. The Morgan fingerprint density at radius 1 is 1.17 bits per heavy atom. The summed E-state index contributed by atoms with van der Waals surface area (Å²) in [5, 5.41) is 0.